The van der Waals surface area contributed by atoms with Crippen molar-refractivity contribution in [2.45, 2.75) is 26.0 Å². The van der Waals surface area contributed by atoms with Crippen LogP contribution in [0.25, 0.3) is 5.76 Å². The van der Waals surface area contributed by atoms with Crippen LogP contribution >= 0.6 is 0 Å². The predicted octanol–water partition coefficient (Wildman–Crippen LogP) is 2.89. The van der Waals surface area contributed by atoms with Gasteiger partial charge in [0.15, 0.2) is 0 Å². The molecule has 1 aliphatic rings. The first-order chi connectivity index (χ1) is 13.4. The number of rotatable bonds is 6. The van der Waals surface area contributed by atoms with E-state index in [4.69, 9.17) is 4.74 Å². The molecule has 0 radical (unpaired) electrons. The SMILES string of the molecule is CCOc1ccc([C@@H]2C(=C(O)c3ccccc3)C(=O)C(=O)N2C[C@H](C)O)cc1. The highest BCUT2D eigenvalue weighted by molar-refractivity contribution is 6.46. The van der Waals surface area contributed by atoms with Crippen molar-refractivity contribution in [3.05, 3.63) is 71.3 Å². The van der Waals surface area contributed by atoms with Crippen LogP contribution in [-0.2, 0) is 9.59 Å². The number of hydrogen-bond donors (Lipinski definition) is 2. The van der Waals surface area contributed by atoms with Crippen LogP contribution in [0.5, 0.6) is 5.75 Å². The van der Waals surface area contributed by atoms with Crippen molar-refractivity contribution in [2.24, 2.45) is 0 Å². The minimum absolute atomic E-state index is 0.0148. The molecule has 6 nitrogen and oxygen atoms in total. The third-order valence-corrected chi connectivity index (χ3v) is 4.55. The van der Waals surface area contributed by atoms with Gasteiger partial charge in [0.05, 0.1) is 24.3 Å². The van der Waals surface area contributed by atoms with E-state index in [1.807, 2.05) is 6.92 Å². The van der Waals surface area contributed by atoms with Gasteiger partial charge in [-0.15, -0.1) is 0 Å². The van der Waals surface area contributed by atoms with Crippen molar-refractivity contribution >= 4 is 17.4 Å². The van der Waals surface area contributed by atoms with Crippen molar-refractivity contribution in [3.8, 4) is 5.75 Å². The molecule has 0 unspecified atom stereocenters. The molecule has 0 bridgehead atoms. The Bertz CT molecular complexity index is 887. The first-order valence-electron chi connectivity index (χ1n) is 9.18. The van der Waals surface area contributed by atoms with Crippen LogP contribution in [-0.4, -0.2) is 46.1 Å². The number of likely N-dealkylation sites (tertiary alicyclic amines) is 1. The Morgan fingerprint density at radius 2 is 1.75 bits per heavy atom. The smallest absolute Gasteiger partial charge is 0.295 e. The first-order valence-corrected chi connectivity index (χ1v) is 9.18. The summed E-state index contributed by atoms with van der Waals surface area (Å²) in [6.07, 6.45) is -0.819. The van der Waals surface area contributed by atoms with Gasteiger partial charge >= 0.3 is 0 Å². The Kier molecular flexibility index (Phi) is 5.80. The fourth-order valence-electron chi connectivity index (χ4n) is 3.36. The normalized spacial score (nSPS) is 19.7. The standard InChI is InChI=1S/C22H23NO5/c1-3-28-17-11-9-15(10-12-17)19-18(20(25)16-7-5-4-6-8-16)21(26)22(27)23(19)13-14(2)24/h4-12,14,19,24-25H,3,13H2,1-2H3/t14-,19+/m0/s1. The molecule has 1 fully saturated rings. The number of ether oxygens (including phenoxy) is 1. The molecule has 2 aromatic rings. The van der Waals surface area contributed by atoms with Crippen LogP contribution in [0, 0.1) is 0 Å². The number of aliphatic hydroxyl groups excluding tert-OH is 2. The molecule has 28 heavy (non-hydrogen) atoms. The number of nitrogens with zero attached hydrogens (tertiary/aromatic N) is 1. The largest absolute Gasteiger partial charge is 0.507 e. The molecule has 1 amide bonds. The van der Waals surface area contributed by atoms with Gasteiger partial charge in [-0.2, -0.15) is 0 Å². The molecular formula is C22H23NO5. The lowest BCUT2D eigenvalue weighted by atomic mass is 9.95. The summed E-state index contributed by atoms with van der Waals surface area (Å²) in [4.78, 5) is 26.7. The van der Waals surface area contributed by atoms with Gasteiger partial charge in [0, 0.05) is 12.1 Å². The second-order valence-electron chi connectivity index (χ2n) is 6.67. The van der Waals surface area contributed by atoms with Crippen LogP contribution in [0.1, 0.15) is 31.0 Å². The average Bonchev–Trinajstić information content (AvgIpc) is 2.93. The van der Waals surface area contributed by atoms with Gasteiger partial charge in [-0.3, -0.25) is 9.59 Å². The van der Waals surface area contributed by atoms with Gasteiger partial charge in [0.1, 0.15) is 11.5 Å². The number of β-amino-alcohol motifs (C(OH)–C–C–N with tert-alkyl or cyclic N) is 1. The molecule has 1 saturated heterocycles. The second-order valence-corrected chi connectivity index (χ2v) is 6.67. The van der Waals surface area contributed by atoms with Gasteiger partial charge in [-0.25, -0.2) is 0 Å². The zero-order valence-corrected chi connectivity index (χ0v) is 15.8. The van der Waals surface area contributed by atoms with E-state index in [9.17, 15) is 19.8 Å². The number of aliphatic hydroxyl groups is 2. The lowest BCUT2D eigenvalue weighted by Crippen LogP contribution is -2.35. The maximum atomic E-state index is 12.7. The average molecular weight is 381 g/mol. The van der Waals surface area contributed by atoms with Crippen LogP contribution < -0.4 is 4.74 Å². The van der Waals surface area contributed by atoms with Gasteiger partial charge in [-0.05, 0) is 31.5 Å². The molecular weight excluding hydrogens is 358 g/mol. The molecule has 2 N–H and O–H groups in total. The third-order valence-electron chi connectivity index (χ3n) is 4.55. The summed E-state index contributed by atoms with van der Waals surface area (Å²) in [6, 6.07) is 14.9. The first kappa shape index (κ1) is 19.6. The third kappa shape index (κ3) is 3.77. The predicted molar refractivity (Wildman–Crippen MR) is 105 cm³/mol. The molecule has 0 spiro atoms. The quantitative estimate of drug-likeness (QED) is 0.456. The van der Waals surface area contributed by atoms with Crippen molar-refractivity contribution in [3.63, 3.8) is 0 Å². The zero-order chi connectivity index (χ0) is 20.3. The minimum Gasteiger partial charge on any atom is -0.507 e. The topological polar surface area (TPSA) is 87.1 Å². The fourth-order valence-corrected chi connectivity index (χ4v) is 3.36. The van der Waals surface area contributed by atoms with Crippen molar-refractivity contribution in [1.82, 2.24) is 4.90 Å². The highest BCUT2D eigenvalue weighted by atomic mass is 16.5. The molecule has 2 atom stereocenters. The van der Waals surface area contributed by atoms with Crippen LogP contribution in [0.4, 0.5) is 0 Å². The summed E-state index contributed by atoms with van der Waals surface area (Å²) >= 11 is 0. The van der Waals surface area contributed by atoms with E-state index in [2.05, 4.69) is 0 Å². The molecule has 1 heterocycles. The number of Topliss-reactive ketones (excluding diaryl/α,β-unsaturated/α-hetero) is 1. The monoisotopic (exact) mass is 381 g/mol. The van der Waals surface area contributed by atoms with E-state index < -0.39 is 23.8 Å². The number of hydrogen-bond acceptors (Lipinski definition) is 5. The molecule has 0 aromatic heterocycles. The molecule has 2 aromatic carbocycles. The summed E-state index contributed by atoms with van der Waals surface area (Å²) in [7, 11) is 0. The van der Waals surface area contributed by atoms with E-state index >= 15 is 0 Å². The van der Waals surface area contributed by atoms with Crippen molar-refractivity contribution in [2.75, 3.05) is 13.2 Å². The van der Waals surface area contributed by atoms with Crippen molar-refractivity contribution < 1.29 is 24.5 Å². The fraction of sp³-hybridized carbons (Fsp3) is 0.273. The summed E-state index contributed by atoms with van der Waals surface area (Å²) in [5, 5.41) is 20.7. The van der Waals surface area contributed by atoms with Crippen LogP contribution in [0.3, 0.4) is 0 Å². The number of carbonyl (C=O) groups excluding carboxylic acids is 2. The lowest BCUT2D eigenvalue weighted by Gasteiger charge is -2.26. The second kappa shape index (κ2) is 8.27. The Hall–Kier alpha value is -3.12. The highest BCUT2D eigenvalue weighted by Gasteiger charge is 2.46. The molecule has 0 saturated carbocycles. The molecule has 146 valence electrons. The number of benzene rings is 2. The minimum atomic E-state index is -0.819. The molecule has 1 aliphatic heterocycles. The highest BCUT2D eigenvalue weighted by Crippen LogP contribution is 2.39. The van der Waals surface area contributed by atoms with E-state index in [0.29, 0.717) is 23.5 Å². The van der Waals surface area contributed by atoms with Gasteiger partial charge in [0.25, 0.3) is 11.7 Å². The summed E-state index contributed by atoms with van der Waals surface area (Å²) in [5.74, 6) is -1.06. The maximum Gasteiger partial charge on any atom is 0.295 e. The molecule has 6 heteroatoms. The van der Waals surface area contributed by atoms with Crippen LogP contribution in [0.2, 0.25) is 0 Å². The Labute approximate surface area is 163 Å². The van der Waals surface area contributed by atoms with E-state index in [1.54, 1.807) is 61.5 Å². The lowest BCUT2D eigenvalue weighted by molar-refractivity contribution is -0.140. The van der Waals surface area contributed by atoms with E-state index in [-0.39, 0.29) is 17.9 Å². The maximum absolute atomic E-state index is 12.7. The van der Waals surface area contributed by atoms with E-state index in [1.165, 1.54) is 4.90 Å². The summed E-state index contributed by atoms with van der Waals surface area (Å²) in [5.41, 5.74) is 1.12. The summed E-state index contributed by atoms with van der Waals surface area (Å²) < 4.78 is 5.45. The number of carbonyl (C=O) groups is 2. The zero-order valence-electron chi connectivity index (χ0n) is 15.8. The van der Waals surface area contributed by atoms with Crippen LogP contribution in [0.15, 0.2) is 60.2 Å². The number of ketones is 1. The summed E-state index contributed by atoms with van der Waals surface area (Å²) in [6.45, 7) is 3.93. The Morgan fingerprint density at radius 1 is 1.11 bits per heavy atom. The van der Waals surface area contributed by atoms with Gasteiger partial charge in [-0.1, -0.05) is 42.5 Å². The van der Waals surface area contributed by atoms with Crippen molar-refractivity contribution in [1.29, 1.82) is 0 Å². The van der Waals surface area contributed by atoms with Gasteiger partial charge in [0.2, 0.25) is 0 Å². The van der Waals surface area contributed by atoms with E-state index in [0.717, 1.165) is 0 Å². The Balaban J connectivity index is 2.12. The van der Waals surface area contributed by atoms with Gasteiger partial charge < -0.3 is 19.8 Å². The number of amides is 1. The Morgan fingerprint density at radius 3 is 2.32 bits per heavy atom. The molecule has 0 aliphatic carbocycles. The molecule has 3 rings (SSSR count).